The maximum atomic E-state index is 13.8. The molecule has 0 saturated heterocycles. The second-order valence-corrected chi connectivity index (χ2v) is 8.30. The molecular weight excluding hydrogens is 422 g/mol. The van der Waals surface area contributed by atoms with E-state index in [9.17, 15) is 9.59 Å². The molecule has 0 fully saturated rings. The van der Waals surface area contributed by atoms with Crippen LogP contribution in [0.3, 0.4) is 0 Å². The van der Waals surface area contributed by atoms with E-state index in [0.29, 0.717) is 35.3 Å². The molecule has 7 heteroatoms. The highest BCUT2D eigenvalue weighted by molar-refractivity contribution is 7.09. The molecule has 158 valence electrons. The van der Waals surface area contributed by atoms with E-state index in [2.05, 4.69) is 5.10 Å². The van der Waals surface area contributed by atoms with Crippen LogP contribution in [0.25, 0.3) is 16.5 Å². The molecule has 0 unspecified atom stereocenters. The third kappa shape index (κ3) is 3.86. The minimum Gasteiger partial charge on any atom is -0.467 e. The lowest BCUT2D eigenvalue weighted by Gasteiger charge is -2.22. The molecule has 5 aromatic rings. The zero-order chi connectivity index (χ0) is 21.9. The average molecular weight is 442 g/mol. The quantitative estimate of drug-likeness (QED) is 0.377. The first-order valence-corrected chi connectivity index (χ1v) is 11.0. The van der Waals surface area contributed by atoms with Gasteiger partial charge in [0.2, 0.25) is 0 Å². The number of para-hydroxylation sites is 1. The van der Waals surface area contributed by atoms with Gasteiger partial charge in [-0.3, -0.25) is 9.59 Å². The Kier molecular flexibility index (Phi) is 5.39. The van der Waals surface area contributed by atoms with Gasteiger partial charge in [0.25, 0.3) is 11.5 Å². The van der Waals surface area contributed by atoms with Crippen molar-refractivity contribution in [2.75, 3.05) is 0 Å². The number of fused-ring (bicyclic) bond motifs is 1. The summed E-state index contributed by atoms with van der Waals surface area (Å²) in [6, 6.07) is 23.8. The predicted octanol–water partition coefficient (Wildman–Crippen LogP) is 4.88. The smallest absolute Gasteiger partial charge is 0.279 e. The normalized spacial score (nSPS) is 11.0. The lowest BCUT2D eigenvalue weighted by Crippen LogP contribution is -2.33. The molecule has 0 aliphatic heterocycles. The van der Waals surface area contributed by atoms with Crippen molar-refractivity contribution >= 4 is 28.0 Å². The Labute approximate surface area is 188 Å². The van der Waals surface area contributed by atoms with Crippen LogP contribution in [-0.4, -0.2) is 20.6 Å². The van der Waals surface area contributed by atoms with E-state index < -0.39 is 0 Å². The molecular formula is C25H19N3O3S. The summed E-state index contributed by atoms with van der Waals surface area (Å²) < 4.78 is 6.80. The summed E-state index contributed by atoms with van der Waals surface area (Å²) in [5, 5.41) is 7.50. The van der Waals surface area contributed by atoms with Crippen molar-refractivity contribution in [1.82, 2.24) is 14.7 Å². The average Bonchev–Trinajstić information content (AvgIpc) is 3.54. The second-order valence-electron chi connectivity index (χ2n) is 7.27. The van der Waals surface area contributed by atoms with Gasteiger partial charge in [0, 0.05) is 10.3 Å². The Hall–Kier alpha value is -3.97. The Bertz CT molecular complexity index is 1370. The van der Waals surface area contributed by atoms with E-state index >= 15 is 0 Å². The summed E-state index contributed by atoms with van der Waals surface area (Å²) in [5.74, 6) is 0.409. The zero-order valence-electron chi connectivity index (χ0n) is 17.0. The maximum absolute atomic E-state index is 13.8. The highest BCUT2D eigenvalue weighted by Crippen LogP contribution is 2.21. The number of carbonyl (C=O) groups excluding carboxylic acids is 1. The van der Waals surface area contributed by atoms with Crippen LogP contribution in [0.4, 0.5) is 0 Å². The molecule has 3 heterocycles. The Balaban J connectivity index is 1.64. The summed E-state index contributed by atoms with van der Waals surface area (Å²) in [6.45, 7) is 0.710. The van der Waals surface area contributed by atoms with Gasteiger partial charge in [-0.25, -0.2) is 0 Å². The van der Waals surface area contributed by atoms with Gasteiger partial charge in [0.05, 0.1) is 30.4 Å². The van der Waals surface area contributed by atoms with Gasteiger partial charge in [-0.15, -0.1) is 11.3 Å². The number of thiophene rings is 1. The van der Waals surface area contributed by atoms with Crippen molar-refractivity contribution in [1.29, 1.82) is 0 Å². The number of furan rings is 1. The Morgan fingerprint density at radius 1 is 0.906 bits per heavy atom. The second kappa shape index (κ2) is 8.64. The van der Waals surface area contributed by atoms with Crippen molar-refractivity contribution < 1.29 is 9.21 Å². The molecule has 0 bridgehead atoms. The van der Waals surface area contributed by atoms with Crippen LogP contribution in [0.2, 0.25) is 0 Å². The van der Waals surface area contributed by atoms with Crippen molar-refractivity contribution in [2.45, 2.75) is 13.1 Å². The molecule has 0 N–H and O–H groups in total. The van der Waals surface area contributed by atoms with Gasteiger partial charge in [-0.05, 0) is 41.8 Å². The topological polar surface area (TPSA) is 68.3 Å². The molecule has 1 amide bonds. The molecule has 0 atom stereocenters. The van der Waals surface area contributed by atoms with Gasteiger partial charge in [-0.1, -0.05) is 42.5 Å². The standard InChI is InChI=1S/C25H19N3O3S/c29-24-22-13-5-4-12-21(22)23(26-28(24)18-8-2-1-3-9-18)25(30)27(16-19-10-6-14-31-19)17-20-11-7-15-32-20/h1-15H,16-17H2. The van der Waals surface area contributed by atoms with Crippen molar-refractivity contribution in [3.63, 3.8) is 0 Å². The fourth-order valence-electron chi connectivity index (χ4n) is 3.62. The minimum absolute atomic E-state index is 0.229. The summed E-state index contributed by atoms with van der Waals surface area (Å²) in [6.07, 6.45) is 1.59. The molecule has 2 aromatic carbocycles. The van der Waals surface area contributed by atoms with Crippen LogP contribution >= 0.6 is 11.3 Å². The van der Waals surface area contributed by atoms with E-state index in [-0.39, 0.29) is 17.2 Å². The van der Waals surface area contributed by atoms with Crippen LogP contribution in [0.1, 0.15) is 21.1 Å². The van der Waals surface area contributed by atoms with Crippen molar-refractivity contribution in [3.05, 3.63) is 117 Å². The Morgan fingerprint density at radius 3 is 2.41 bits per heavy atom. The first-order valence-electron chi connectivity index (χ1n) is 10.1. The summed E-state index contributed by atoms with van der Waals surface area (Å²) in [4.78, 5) is 29.7. The monoisotopic (exact) mass is 441 g/mol. The molecule has 0 spiro atoms. The number of hydrogen-bond acceptors (Lipinski definition) is 5. The molecule has 0 aliphatic rings. The number of nitrogens with zero attached hydrogens (tertiary/aromatic N) is 3. The largest absolute Gasteiger partial charge is 0.467 e. The van der Waals surface area contributed by atoms with Gasteiger partial charge in [0.15, 0.2) is 5.69 Å². The first kappa shape index (κ1) is 20.0. The lowest BCUT2D eigenvalue weighted by molar-refractivity contribution is 0.0714. The van der Waals surface area contributed by atoms with Crippen LogP contribution < -0.4 is 5.56 Å². The van der Waals surface area contributed by atoms with Gasteiger partial charge < -0.3 is 9.32 Å². The van der Waals surface area contributed by atoms with Gasteiger partial charge >= 0.3 is 0 Å². The third-order valence-electron chi connectivity index (χ3n) is 5.15. The lowest BCUT2D eigenvalue weighted by atomic mass is 10.1. The van der Waals surface area contributed by atoms with Crippen LogP contribution in [0.5, 0.6) is 0 Å². The molecule has 3 aromatic heterocycles. The molecule has 32 heavy (non-hydrogen) atoms. The number of carbonyl (C=O) groups is 1. The third-order valence-corrected chi connectivity index (χ3v) is 6.01. The van der Waals surface area contributed by atoms with Crippen molar-refractivity contribution in [3.8, 4) is 5.69 Å². The number of amides is 1. The number of benzene rings is 2. The maximum Gasteiger partial charge on any atom is 0.279 e. The predicted molar refractivity (Wildman–Crippen MR) is 124 cm³/mol. The van der Waals surface area contributed by atoms with E-state index in [1.54, 1.807) is 58.9 Å². The molecule has 0 aliphatic carbocycles. The zero-order valence-corrected chi connectivity index (χ0v) is 17.9. The van der Waals surface area contributed by atoms with E-state index in [1.807, 2.05) is 47.8 Å². The highest BCUT2D eigenvalue weighted by Gasteiger charge is 2.24. The minimum atomic E-state index is -0.268. The molecule has 5 rings (SSSR count). The van der Waals surface area contributed by atoms with E-state index in [1.165, 1.54) is 4.68 Å². The van der Waals surface area contributed by atoms with E-state index in [0.717, 1.165) is 4.88 Å². The number of rotatable bonds is 6. The fourth-order valence-corrected chi connectivity index (χ4v) is 4.34. The van der Waals surface area contributed by atoms with Crippen LogP contribution in [0.15, 0.2) is 99.7 Å². The summed E-state index contributed by atoms with van der Waals surface area (Å²) in [7, 11) is 0. The molecule has 0 saturated carbocycles. The first-order chi connectivity index (χ1) is 15.7. The summed E-state index contributed by atoms with van der Waals surface area (Å²) >= 11 is 1.58. The van der Waals surface area contributed by atoms with Crippen LogP contribution in [-0.2, 0) is 13.1 Å². The van der Waals surface area contributed by atoms with Gasteiger partial charge in [-0.2, -0.15) is 9.78 Å². The van der Waals surface area contributed by atoms with Crippen molar-refractivity contribution in [2.24, 2.45) is 0 Å². The highest BCUT2D eigenvalue weighted by atomic mass is 32.1. The fraction of sp³-hybridized carbons (Fsp3) is 0.0800. The number of aromatic nitrogens is 2. The van der Waals surface area contributed by atoms with Crippen LogP contribution in [0, 0.1) is 0 Å². The summed E-state index contributed by atoms with van der Waals surface area (Å²) in [5.41, 5.74) is 0.569. The Morgan fingerprint density at radius 2 is 1.69 bits per heavy atom. The van der Waals surface area contributed by atoms with E-state index in [4.69, 9.17) is 4.42 Å². The molecule has 6 nitrogen and oxygen atoms in total. The SMILES string of the molecule is O=C(c1nn(-c2ccccc2)c(=O)c2ccccc12)N(Cc1ccco1)Cc1cccs1. The van der Waals surface area contributed by atoms with Gasteiger partial charge in [0.1, 0.15) is 5.76 Å². The molecule has 0 radical (unpaired) electrons. The number of hydrogen-bond donors (Lipinski definition) is 0.